The van der Waals surface area contributed by atoms with E-state index in [4.69, 9.17) is 40.6 Å². The van der Waals surface area contributed by atoms with Crippen LogP contribution in [0.1, 0.15) is 10.4 Å². The third-order valence-electron chi connectivity index (χ3n) is 2.57. The molecule has 2 rings (SSSR count). The number of nitrogen functional groups attached to an aromatic ring is 1. The van der Waals surface area contributed by atoms with Gasteiger partial charge in [-0.15, -0.1) is 0 Å². The van der Waals surface area contributed by atoms with E-state index in [0.29, 0.717) is 22.0 Å². The normalized spacial score (nSPS) is 10.2. The van der Waals surface area contributed by atoms with Crippen molar-refractivity contribution in [2.75, 3.05) is 10.7 Å². The lowest BCUT2D eigenvalue weighted by molar-refractivity contribution is 0.102. The lowest BCUT2D eigenvalue weighted by Crippen LogP contribution is -2.17. The molecule has 0 atom stereocenters. The van der Waals surface area contributed by atoms with Crippen molar-refractivity contribution in [1.29, 1.82) is 0 Å². The first-order valence-electron chi connectivity index (χ1n) is 5.54. The second kappa shape index (κ2) is 6.33. The number of carbonyl (C=O) groups excluding carboxylic acids is 1. The average molecular weight is 331 g/mol. The lowest BCUT2D eigenvalue weighted by Gasteiger charge is -2.12. The van der Waals surface area contributed by atoms with Crippen LogP contribution in [0, 0.1) is 0 Å². The minimum absolute atomic E-state index is 0.258. The Bertz CT molecular complexity index is 638. The molecule has 0 aliphatic carbocycles. The number of anilines is 2. The number of benzene rings is 2. The molecule has 1 amide bonds. The molecule has 0 radical (unpaired) electrons. The number of halogens is 3. The van der Waals surface area contributed by atoms with Crippen molar-refractivity contribution < 1.29 is 4.79 Å². The van der Waals surface area contributed by atoms with E-state index < -0.39 is 0 Å². The molecule has 20 heavy (non-hydrogen) atoms. The summed E-state index contributed by atoms with van der Waals surface area (Å²) >= 11 is 17.8. The highest BCUT2D eigenvalue weighted by molar-refractivity contribution is 6.42. The summed E-state index contributed by atoms with van der Waals surface area (Å²) in [5.41, 5.74) is 3.62. The molecule has 7 heteroatoms. The zero-order valence-electron chi connectivity index (χ0n) is 10.1. The maximum absolute atomic E-state index is 12.2. The number of nitrogens with two attached hydrogens (primary N) is 1. The monoisotopic (exact) mass is 329 g/mol. The summed E-state index contributed by atoms with van der Waals surface area (Å²) in [6.07, 6.45) is 0. The standard InChI is InChI=1S/C13H10Cl3N3O/c14-7-5-9(15)12(10(16)6-7)18-13(20)8-3-1-2-4-11(8)19-17/h1-6,19H,17H2,(H,18,20). The van der Waals surface area contributed by atoms with E-state index in [1.165, 1.54) is 12.1 Å². The predicted octanol–water partition coefficient (Wildman–Crippen LogP) is 4.18. The summed E-state index contributed by atoms with van der Waals surface area (Å²) in [4.78, 5) is 12.2. The number of rotatable bonds is 3. The SMILES string of the molecule is NNc1ccccc1C(=O)Nc1c(Cl)cc(Cl)cc1Cl. The Hall–Kier alpha value is -1.46. The summed E-state index contributed by atoms with van der Waals surface area (Å²) in [5.74, 6) is 4.98. The highest BCUT2D eigenvalue weighted by Crippen LogP contribution is 2.34. The van der Waals surface area contributed by atoms with Gasteiger partial charge in [-0.05, 0) is 24.3 Å². The first kappa shape index (κ1) is 14.9. The average Bonchev–Trinajstić information content (AvgIpc) is 2.42. The number of hydrazine groups is 1. The van der Waals surface area contributed by atoms with E-state index in [0.717, 1.165) is 0 Å². The molecule has 2 aromatic rings. The topological polar surface area (TPSA) is 67.1 Å². The van der Waals surface area contributed by atoms with Crippen LogP contribution < -0.4 is 16.6 Å². The van der Waals surface area contributed by atoms with Gasteiger partial charge >= 0.3 is 0 Å². The molecule has 2 aromatic carbocycles. The van der Waals surface area contributed by atoms with Gasteiger partial charge in [0.15, 0.2) is 0 Å². The molecule has 0 aliphatic rings. The Morgan fingerprint density at radius 2 is 1.65 bits per heavy atom. The quantitative estimate of drug-likeness (QED) is 0.584. The Morgan fingerprint density at radius 1 is 1.05 bits per heavy atom. The van der Waals surface area contributed by atoms with Crippen LogP contribution in [0.3, 0.4) is 0 Å². The number of para-hydroxylation sites is 1. The fraction of sp³-hybridized carbons (Fsp3) is 0. The maximum atomic E-state index is 12.2. The van der Waals surface area contributed by atoms with Crippen LogP contribution in [0.2, 0.25) is 15.1 Å². The van der Waals surface area contributed by atoms with Crippen molar-refractivity contribution in [3.63, 3.8) is 0 Å². The summed E-state index contributed by atoms with van der Waals surface area (Å²) in [5, 5.41) is 3.55. The fourth-order valence-electron chi connectivity index (χ4n) is 1.65. The Labute approximate surface area is 130 Å². The first-order chi connectivity index (χ1) is 9.52. The second-order valence-electron chi connectivity index (χ2n) is 3.89. The molecule has 0 heterocycles. The van der Waals surface area contributed by atoms with E-state index in [2.05, 4.69) is 10.7 Å². The van der Waals surface area contributed by atoms with Crippen molar-refractivity contribution in [3.8, 4) is 0 Å². The van der Waals surface area contributed by atoms with Crippen molar-refractivity contribution in [3.05, 3.63) is 57.0 Å². The molecular formula is C13H10Cl3N3O. The van der Waals surface area contributed by atoms with E-state index in [-0.39, 0.29) is 16.0 Å². The minimum Gasteiger partial charge on any atom is -0.323 e. The van der Waals surface area contributed by atoms with Gasteiger partial charge in [0.1, 0.15) is 0 Å². The molecule has 0 aliphatic heterocycles. The van der Waals surface area contributed by atoms with Gasteiger partial charge in [0.05, 0.1) is 27.0 Å². The molecule has 0 saturated carbocycles. The Morgan fingerprint density at radius 3 is 2.25 bits per heavy atom. The molecule has 0 saturated heterocycles. The smallest absolute Gasteiger partial charge is 0.257 e. The van der Waals surface area contributed by atoms with Gasteiger partial charge in [0.25, 0.3) is 5.91 Å². The summed E-state index contributed by atoms with van der Waals surface area (Å²) < 4.78 is 0. The molecular weight excluding hydrogens is 321 g/mol. The maximum Gasteiger partial charge on any atom is 0.257 e. The molecule has 104 valence electrons. The highest BCUT2D eigenvalue weighted by Gasteiger charge is 2.15. The zero-order valence-corrected chi connectivity index (χ0v) is 12.4. The van der Waals surface area contributed by atoms with Gasteiger partial charge in [-0.25, -0.2) is 0 Å². The Balaban J connectivity index is 2.33. The molecule has 0 spiro atoms. The summed E-state index contributed by atoms with van der Waals surface area (Å²) in [6.45, 7) is 0. The molecule has 4 nitrogen and oxygen atoms in total. The van der Waals surface area contributed by atoms with Crippen molar-refractivity contribution in [2.45, 2.75) is 0 Å². The van der Waals surface area contributed by atoms with E-state index >= 15 is 0 Å². The van der Waals surface area contributed by atoms with Gasteiger partial charge in [-0.1, -0.05) is 46.9 Å². The first-order valence-corrected chi connectivity index (χ1v) is 6.68. The van der Waals surface area contributed by atoms with Gasteiger partial charge in [0, 0.05) is 5.02 Å². The largest absolute Gasteiger partial charge is 0.323 e. The summed E-state index contributed by atoms with van der Waals surface area (Å²) in [7, 11) is 0. The Kier molecular flexibility index (Phi) is 4.73. The van der Waals surface area contributed by atoms with Crippen LogP contribution in [-0.4, -0.2) is 5.91 Å². The van der Waals surface area contributed by atoms with Crippen LogP contribution >= 0.6 is 34.8 Å². The predicted molar refractivity (Wildman–Crippen MR) is 83.7 cm³/mol. The third-order valence-corrected chi connectivity index (χ3v) is 3.39. The van der Waals surface area contributed by atoms with Crippen LogP contribution in [0.15, 0.2) is 36.4 Å². The lowest BCUT2D eigenvalue weighted by atomic mass is 10.1. The van der Waals surface area contributed by atoms with Crippen LogP contribution in [0.5, 0.6) is 0 Å². The van der Waals surface area contributed by atoms with Crippen molar-refractivity contribution in [2.24, 2.45) is 5.84 Å². The van der Waals surface area contributed by atoms with Crippen LogP contribution in [-0.2, 0) is 0 Å². The third kappa shape index (κ3) is 3.16. The van der Waals surface area contributed by atoms with Crippen molar-refractivity contribution in [1.82, 2.24) is 0 Å². The molecule has 0 bridgehead atoms. The summed E-state index contributed by atoms with van der Waals surface area (Å²) in [6, 6.07) is 9.78. The number of amides is 1. The van der Waals surface area contributed by atoms with Crippen molar-refractivity contribution >= 4 is 52.1 Å². The van der Waals surface area contributed by atoms with Gasteiger partial charge in [0.2, 0.25) is 0 Å². The van der Waals surface area contributed by atoms with Gasteiger partial charge in [-0.2, -0.15) is 0 Å². The van der Waals surface area contributed by atoms with Crippen LogP contribution in [0.25, 0.3) is 0 Å². The van der Waals surface area contributed by atoms with Crippen LogP contribution in [0.4, 0.5) is 11.4 Å². The highest BCUT2D eigenvalue weighted by atomic mass is 35.5. The number of nitrogens with one attached hydrogen (secondary N) is 2. The van der Waals surface area contributed by atoms with E-state index in [9.17, 15) is 4.79 Å². The van der Waals surface area contributed by atoms with Gasteiger partial charge < -0.3 is 10.7 Å². The fourth-order valence-corrected chi connectivity index (χ4v) is 2.56. The van der Waals surface area contributed by atoms with Gasteiger partial charge in [-0.3, -0.25) is 10.6 Å². The number of hydrogen-bond acceptors (Lipinski definition) is 3. The molecule has 0 aromatic heterocycles. The number of hydrogen-bond donors (Lipinski definition) is 3. The molecule has 0 fully saturated rings. The molecule has 4 N–H and O–H groups in total. The van der Waals surface area contributed by atoms with E-state index in [1.54, 1.807) is 24.3 Å². The molecule has 0 unspecified atom stereocenters. The minimum atomic E-state index is -0.385. The van der Waals surface area contributed by atoms with E-state index in [1.807, 2.05) is 0 Å². The second-order valence-corrected chi connectivity index (χ2v) is 5.14. The zero-order chi connectivity index (χ0) is 14.7. The number of carbonyl (C=O) groups is 1.